The third kappa shape index (κ3) is 3.65. The summed E-state index contributed by atoms with van der Waals surface area (Å²) in [5.74, 6) is 0.715. The Morgan fingerprint density at radius 1 is 0.905 bits per heavy atom. The minimum absolute atomic E-state index is 0.114. The van der Waals surface area contributed by atoms with E-state index in [9.17, 15) is 0 Å². The molecule has 4 nitrogen and oxygen atoms in total. The van der Waals surface area contributed by atoms with Crippen molar-refractivity contribution in [1.29, 1.82) is 0 Å². The van der Waals surface area contributed by atoms with Crippen molar-refractivity contribution < 1.29 is 9.84 Å². The van der Waals surface area contributed by atoms with Crippen molar-refractivity contribution in [1.82, 2.24) is 10.2 Å². The molecule has 3 rings (SSSR count). The van der Waals surface area contributed by atoms with Gasteiger partial charge in [-0.2, -0.15) is 0 Å². The molecule has 1 aromatic heterocycles. The largest absolute Gasteiger partial charge is 0.430 e. The zero-order valence-electron chi connectivity index (χ0n) is 11.3. The Morgan fingerprint density at radius 3 is 2.29 bits per heavy atom. The first-order chi connectivity index (χ1) is 10.3. The minimum Gasteiger partial charge on any atom is -0.430 e. The van der Waals surface area contributed by atoms with Crippen molar-refractivity contribution >= 4 is 11.3 Å². The van der Waals surface area contributed by atoms with E-state index < -0.39 is 0 Å². The molecule has 3 aromatic rings. The van der Waals surface area contributed by atoms with E-state index in [0.717, 1.165) is 6.42 Å². The maximum absolute atomic E-state index is 8.95. The Labute approximate surface area is 126 Å². The summed E-state index contributed by atoms with van der Waals surface area (Å²) in [4.78, 5) is 0. The van der Waals surface area contributed by atoms with E-state index in [0.29, 0.717) is 16.0 Å². The Morgan fingerprint density at radius 2 is 1.62 bits per heavy atom. The molecule has 21 heavy (non-hydrogen) atoms. The molecule has 0 amide bonds. The highest BCUT2D eigenvalue weighted by atomic mass is 32.1. The quantitative estimate of drug-likeness (QED) is 0.784. The molecule has 5 heteroatoms. The fourth-order valence-electron chi connectivity index (χ4n) is 1.95. The molecule has 2 aromatic carbocycles. The van der Waals surface area contributed by atoms with E-state index in [4.69, 9.17) is 9.84 Å². The molecule has 0 bridgehead atoms. The van der Waals surface area contributed by atoms with Crippen LogP contribution in [0.25, 0.3) is 0 Å². The van der Waals surface area contributed by atoms with Crippen LogP contribution < -0.4 is 4.74 Å². The maximum atomic E-state index is 8.95. The molecular weight excluding hydrogens is 284 g/mol. The fourth-order valence-corrected chi connectivity index (χ4v) is 2.52. The van der Waals surface area contributed by atoms with Crippen LogP contribution in [0.4, 0.5) is 0 Å². The van der Waals surface area contributed by atoms with Crippen LogP contribution in [0, 0.1) is 0 Å². The number of rotatable bonds is 5. The first kappa shape index (κ1) is 13.7. The first-order valence-electron chi connectivity index (χ1n) is 6.57. The van der Waals surface area contributed by atoms with Crippen LogP contribution >= 0.6 is 11.3 Å². The molecule has 106 valence electrons. The molecular formula is C16H14N2O2S. The van der Waals surface area contributed by atoms with Crippen LogP contribution in [0.15, 0.2) is 54.6 Å². The molecule has 0 fully saturated rings. The SMILES string of the molecule is OCc1nnc(Oc2ccc(Cc3ccccc3)cc2)s1. The van der Waals surface area contributed by atoms with Crippen LogP contribution in [0.5, 0.6) is 10.9 Å². The van der Waals surface area contributed by atoms with Crippen molar-refractivity contribution in [3.8, 4) is 10.9 Å². The van der Waals surface area contributed by atoms with Crippen molar-refractivity contribution in [2.45, 2.75) is 13.0 Å². The second kappa shape index (κ2) is 6.47. The van der Waals surface area contributed by atoms with Crippen LogP contribution in [-0.2, 0) is 13.0 Å². The predicted molar refractivity (Wildman–Crippen MR) is 81.6 cm³/mol. The van der Waals surface area contributed by atoms with Crippen LogP contribution in [0.3, 0.4) is 0 Å². The molecule has 0 radical (unpaired) electrons. The normalized spacial score (nSPS) is 10.5. The predicted octanol–water partition coefficient (Wildman–Crippen LogP) is 3.41. The second-order valence-corrected chi connectivity index (χ2v) is 5.55. The summed E-state index contributed by atoms with van der Waals surface area (Å²) in [6.45, 7) is -0.114. The standard InChI is InChI=1S/C16H14N2O2S/c19-11-15-17-18-16(21-15)20-14-8-6-13(7-9-14)10-12-4-2-1-3-5-12/h1-9,19H,10-11H2. The van der Waals surface area contributed by atoms with E-state index in [1.54, 1.807) is 0 Å². The number of aromatic nitrogens is 2. The van der Waals surface area contributed by atoms with Gasteiger partial charge in [0.1, 0.15) is 10.8 Å². The third-order valence-electron chi connectivity index (χ3n) is 2.96. The number of hydrogen-bond acceptors (Lipinski definition) is 5. The van der Waals surface area contributed by atoms with Gasteiger partial charge in [-0.05, 0) is 29.7 Å². The number of aliphatic hydroxyl groups excluding tert-OH is 1. The Bertz CT molecular complexity index is 696. The zero-order valence-corrected chi connectivity index (χ0v) is 12.1. The number of benzene rings is 2. The molecule has 0 unspecified atom stereocenters. The number of ether oxygens (including phenoxy) is 1. The Kier molecular flexibility index (Phi) is 4.23. The molecule has 1 heterocycles. The zero-order chi connectivity index (χ0) is 14.5. The van der Waals surface area contributed by atoms with E-state index in [-0.39, 0.29) is 6.61 Å². The van der Waals surface area contributed by atoms with Crippen molar-refractivity contribution in [3.05, 3.63) is 70.7 Å². The van der Waals surface area contributed by atoms with Gasteiger partial charge in [-0.1, -0.05) is 58.9 Å². The van der Waals surface area contributed by atoms with Gasteiger partial charge in [0.15, 0.2) is 0 Å². The maximum Gasteiger partial charge on any atom is 0.299 e. The fraction of sp³-hybridized carbons (Fsp3) is 0.125. The van der Waals surface area contributed by atoms with Gasteiger partial charge < -0.3 is 9.84 Å². The molecule has 0 saturated heterocycles. The number of hydrogen-bond donors (Lipinski definition) is 1. The number of nitrogens with zero attached hydrogens (tertiary/aromatic N) is 2. The minimum atomic E-state index is -0.114. The number of aliphatic hydroxyl groups is 1. The van der Waals surface area contributed by atoms with Gasteiger partial charge in [-0.3, -0.25) is 0 Å². The van der Waals surface area contributed by atoms with E-state index in [1.165, 1.54) is 22.5 Å². The van der Waals surface area contributed by atoms with Gasteiger partial charge >= 0.3 is 0 Å². The molecule has 1 N–H and O–H groups in total. The van der Waals surface area contributed by atoms with Crippen molar-refractivity contribution in [2.75, 3.05) is 0 Å². The highest BCUT2D eigenvalue weighted by Gasteiger charge is 2.05. The van der Waals surface area contributed by atoms with Crippen LogP contribution in [-0.4, -0.2) is 15.3 Å². The summed E-state index contributed by atoms with van der Waals surface area (Å²) in [6, 6.07) is 18.2. The lowest BCUT2D eigenvalue weighted by Crippen LogP contribution is -1.88. The van der Waals surface area contributed by atoms with Crippen LogP contribution in [0.1, 0.15) is 16.1 Å². The molecule has 0 spiro atoms. The van der Waals surface area contributed by atoms with Gasteiger partial charge in [-0.15, -0.1) is 5.10 Å². The topological polar surface area (TPSA) is 55.2 Å². The summed E-state index contributed by atoms with van der Waals surface area (Å²) in [5.41, 5.74) is 2.50. The van der Waals surface area contributed by atoms with E-state index >= 15 is 0 Å². The second-order valence-electron chi connectivity index (χ2n) is 4.53. The lowest BCUT2D eigenvalue weighted by Gasteiger charge is -2.04. The highest BCUT2D eigenvalue weighted by molar-refractivity contribution is 7.13. The smallest absolute Gasteiger partial charge is 0.299 e. The van der Waals surface area contributed by atoms with Crippen molar-refractivity contribution in [3.63, 3.8) is 0 Å². The lowest BCUT2D eigenvalue weighted by molar-refractivity contribution is 0.280. The molecule has 0 aliphatic heterocycles. The van der Waals surface area contributed by atoms with E-state index in [1.807, 2.05) is 42.5 Å². The van der Waals surface area contributed by atoms with Gasteiger partial charge in [0.2, 0.25) is 0 Å². The van der Waals surface area contributed by atoms with Crippen LogP contribution in [0.2, 0.25) is 0 Å². The van der Waals surface area contributed by atoms with Gasteiger partial charge in [0, 0.05) is 0 Å². The molecule has 0 atom stereocenters. The highest BCUT2D eigenvalue weighted by Crippen LogP contribution is 2.25. The summed E-state index contributed by atoms with van der Waals surface area (Å²) in [7, 11) is 0. The van der Waals surface area contributed by atoms with Crippen molar-refractivity contribution in [2.24, 2.45) is 0 Å². The molecule has 0 aliphatic rings. The van der Waals surface area contributed by atoms with Gasteiger partial charge in [0.25, 0.3) is 5.19 Å². The monoisotopic (exact) mass is 298 g/mol. The average Bonchev–Trinajstić information content (AvgIpc) is 2.98. The van der Waals surface area contributed by atoms with Gasteiger partial charge in [0.05, 0.1) is 6.61 Å². The summed E-state index contributed by atoms with van der Waals surface area (Å²) in [6.07, 6.45) is 0.897. The first-order valence-corrected chi connectivity index (χ1v) is 7.39. The summed E-state index contributed by atoms with van der Waals surface area (Å²) in [5, 5.41) is 17.6. The average molecular weight is 298 g/mol. The summed E-state index contributed by atoms with van der Waals surface area (Å²) >= 11 is 1.24. The summed E-state index contributed by atoms with van der Waals surface area (Å²) < 4.78 is 5.60. The van der Waals surface area contributed by atoms with E-state index in [2.05, 4.69) is 22.3 Å². The molecule has 0 aliphatic carbocycles. The third-order valence-corrected chi connectivity index (χ3v) is 3.75. The lowest BCUT2D eigenvalue weighted by atomic mass is 10.1. The Balaban J connectivity index is 1.66. The molecule has 0 saturated carbocycles. The Hall–Kier alpha value is -2.24. The van der Waals surface area contributed by atoms with Gasteiger partial charge in [-0.25, -0.2) is 0 Å².